The topological polar surface area (TPSA) is 67.2 Å². The second-order valence-corrected chi connectivity index (χ2v) is 6.34. The minimum Gasteiger partial charge on any atom is -0.504 e. The van der Waals surface area contributed by atoms with E-state index in [1.807, 2.05) is 60.7 Å². The minimum absolute atomic E-state index is 0.0463. The summed E-state index contributed by atoms with van der Waals surface area (Å²) in [6.45, 7) is 0. The van der Waals surface area contributed by atoms with Gasteiger partial charge in [0.15, 0.2) is 11.4 Å². The third-order valence-corrected chi connectivity index (χ3v) is 4.47. The summed E-state index contributed by atoms with van der Waals surface area (Å²) in [5, 5.41) is 17.5. The van der Waals surface area contributed by atoms with Crippen molar-refractivity contribution in [2.24, 2.45) is 5.92 Å². The Hall–Kier alpha value is -3.08. The van der Waals surface area contributed by atoms with Crippen molar-refractivity contribution < 1.29 is 9.90 Å². The molecule has 0 aliphatic heterocycles. The quantitative estimate of drug-likeness (QED) is 0.751. The lowest BCUT2D eigenvalue weighted by molar-refractivity contribution is 0.0923. The molecule has 1 saturated carbocycles. The molecule has 0 radical (unpaired) electrons. The van der Waals surface area contributed by atoms with Crippen LogP contribution in [-0.2, 0) is 0 Å². The number of hydrogen-bond donors (Lipinski definition) is 2. The van der Waals surface area contributed by atoms with Crippen molar-refractivity contribution in [3.05, 3.63) is 78.1 Å². The van der Waals surface area contributed by atoms with Gasteiger partial charge in [-0.25, -0.2) is 4.68 Å². The van der Waals surface area contributed by atoms with Crippen molar-refractivity contribution in [1.82, 2.24) is 15.1 Å². The van der Waals surface area contributed by atoms with Crippen molar-refractivity contribution in [1.29, 1.82) is 0 Å². The molecule has 25 heavy (non-hydrogen) atoms. The predicted octanol–water partition coefficient (Wildman–Crippen LogP) is 3.46. The van der Waals surface area contributed by atoms with Crippen molar-refractivity contribution in [2.75, 3.05) is 0 Å². The van der Waals surface area contributed by atoms with E-state index in [9.17, 15) is 9.90 Å². The van der Waals surface area contributed by atoms with Gasteiger partial charge in [-0.15, -0.1) is 0 Å². The van der Waals surface area contributed by atoms with Gasteiger partial charge in [0.2, 0.25) is 0 Å². The molecule has 4 rings (SSSR count). The van der Waals surface area contributed by atoms with Gasteiger partial charge in [-0.3, -0.25) is 4.79 Å². The van der Waals surface area contributed by atoms with Crippen LogP contribution in [0.25, 0.3) is 5.69 Å². The molecule has 0 saturated heterocycles. The number of aromatic hydroxyl groups is 1. The smallest absolute Gasteiger partial charge is 0.276 e. The maximum Gasteiger partial charge on any atom is 0.276 e. The van der Waals surface area contributed by atoms with Crippen LogP contribution in [0.3, 0.4) is 0 Å². The molecule has 5 heteroatoms. The summed E-state index contributed by atoms with van der Waals surface area (Å²) in [5.41, 5.74) is 1.92. The first kappa shape index (κ1) is 15.4. The second kappa shape index (κ2) is 6.43. The highest BCUT2D eigenvalue weighted by Gasteiger charge is 2.34. The fraction of sp³-hybridized carbons (Fsp3) is 0.200. The molecule has 1 aliphatic carbocycles. The number of carbonyl (C=O) groups excluding carboxylic acids is 1. The lowest BCUT2D eigenvalue weighted by Crippen LogP contribution is -2.30. The molecular weight excluding hydrogens is 314 g/mol. The summed E-state index contributed by atoms with van der Waals surface area (Å²) in [7, 11) is 0. The number of nitrogens with one attached hydrogen (secondary N) is 1. The number of aromatic nitrogens is 2. The van der Waals surface area contributed by atoms with Crippen LogP contribution < -0.4 is 5.32 Å². The van der Waals surface area contributed by atoms with E-state index in [2.05, 4.69) is 10.4 Å². The lowest BCUT2D eigenvalue weighted by atomic mass is 10.0. The predicted molar refractivity (Wildman–Crippen MR) is 94.6 cm³/mol. The Morgan fingerprint density at radius 1 is 1.08 bits per heavy atom. The van der Waals surface area contributed by atoms with Crippen LogP contribution in [0.1, 0.15) is 34.9 Å². The fourth-order valence-electron chi connectivity index (χ4n) is 3.01. The molecule has 5 nitrogen and oxygen atoms in total. The van der Waals surface area contributed by atoms with Gasteiger partial charge < -0.3 is 10.4 Å². The van der Waals surface area contributed by atoms with Crippen LogP contribution in [0.15, 0.2) is 66.9 Å². The Kier molecular flexibility index (Phi) is 3.98. The Labute approximate surface area is 145 Å². The van der Waals surface area contributed by atoms with E-state index < -0.39 is 0 Å². The SMILES string of the molecule is O=C(NC(c1ccccc1)C1CC1)c1nn(-c2ccccc2)cc1O. The Morgan fingerprint density at radius 2 is 1.72 bits per heavy atom. The molecule has 1 aliphatic rings. The molecule has 1 atom stereocenters. The number of para-hydroxylation sites is 1. The molecule has 0 spiro atoms. The van der Waals surface area contributed by atoms with Gasteiger partial charge in [0, 0.05) is 0 Å². The summed E-state index contributed by atoms with van der Waals surface area (Å²) < 4.78 is 1.51. The molecule has 1 heterocycles. The van der Waals surface area contributed by atoms with Crippen molar-refractivity contribution in [3.63, 3.8) is 0 Å². The van der Waals surface area contributed by atoms with E-state index in [-0.39, 0.29) is 23.4 Å². The fourth-order valence-corrected chi connectivity index (χ4v) is 3.01. The minimum atomic E-state index is -0.354. The van der Waals surface area contributed by atoms with E-state index in [4.69, 9.17) is 0 Å². The van der Waals surface area contributed by atoms with E-state index in [1.54, 1.807) is 0 Å². The van der Waals surface area contributed by atoms with Crippen LogP contribution in [0.4, 0.5) is 0 Å². The van der Waals surface area contributed by atoms with E-state index in [0.717, 1.165) is 24.1 Å². The summed E-state index contributed by atoms with van der Waals surface area (Å²) in [4.78, 5) is 12.7. The van der Waals surface area contributed by atoms with E-state index >= 15 is 0 Å². The van der Waals surface area contributed by atoms with E-state index in [1.165, 1.54) is 10.9 Å². The molecule has 3 aromatic rings. The molecule has 1 fully saturated rings. The van der Waals surface area contributed by atoms with Gasteiger partial charge in [-0.1, -0.05) is 48.5 Å². The molecule has 0 bridgehead atoms. The number of amides is 1. The normalized spacial score (nSPS) is 14.9. The highest BCUT2D eigenvalue weighted by molar-refractivity contribution is 5.95. The van der Waals surface area contributed by atoms with Crippen molar-refractivity contribution >= 4 is 5.91 Å². The number of nitrogens with zero attached hydrogens (tertiary/aromatic N) is 2. The summed E-state index contributed by atoms with van der Waals surface area (Å²) in [6.07, 6.45) is 3.66. The highest BCUT2D eigenvalue weighted by Crippen LogP contribution is 2.41. The maximum atomic E-state index is 12.7. The van der Waals surface area contributed by atoms with Gasteiger partial charge >= 0.3 is 0 Å². The zero-order valence-corrected chi connectivity index (χ0v) is 13.7. The molecule has 1 amide bonds. The van der Waals surface area contributed by atoms with Crippen LogP contribution in [0.5, 0.6) is 5.75 Å². The average molecular weight is 333 g/mol. The van der Waals surface area contributed by atoms with E-state index in [0.29, 0.717) is 5.92 Å². The lowest BCUT2D eigenvalue weighted by Gasteiger charge is -2.18. The van der Waals surface area contributed by atoms with Crippen molar-refractivity contribution in [2.45, 2.75) is 18.9 Å². The van der Waals surface area contributed by atoms with Crippen molar-refractivity contribution in [3.8, 4) is 11.4 Å². The number of benzene rings is 2. The van der Waals surface area contributed by atoms with Gasteiger partial charge in [-0.2, -0.15) is 5.10 Å². The highest BCUT2D eigenvalue weighted by atomic mass is 16.3. The van der Waals surface area contributed by atoms with Gasteiger partial charge in [0.25, 0.3) is 5.91 Å². The Bertz CT molecular complexity index is 870. The maximum absolute atomic E-state index is 12.7. The number of rotatable bonds is 5. The third kappa shape index (κ3) is 3.26. The molecule has 126 valence electrons. The van der Waals surface area contributed by atoms with Crippen LogP contribution >= 0.6 is 0 Å². The molecule has 2 aromatic carbocycles. The summed E-state index contributed by atoms with van der Waals surface area (Å²) in [6, 6.07) is 19.3. The Morgan fingerprint density at radius 3 is 2.36 bits per heavy atom. The monoisotopic (exact) mass is 333 g/mol. The summed E-state index contributed by atoms with van der Waals surface area (Å²) in [5.74, 6) is -0.0263. The van der Waals surface area contributed by atoms with Gasteiger partial charge in [-0.05, 0) is 36.5 Å². The van der Waals surface area contributed by atoms with Crippen LogP contribution in [-0.4, -0.2) is 20.8 Å². The molecular formula is C20H19N3O2. The number of hydrogen-bond acceptors (Lipinski definition) is 3. The van der Waals surface area contributed by atoms with Crippen LogP contribution in [0.2, 0.25) is 0 Å². The largest absolute Gasteiger partial charge is 0.504 e. The second-order valence-electron chi connectivity index (χ2n) is 6.34. The number of carbonyl (C=O) groups is 1. The zero-order valence-electron chi connectivity index (χ0n) is 13.7. The first-order valence-electron chi connectivity index (χ1n) is 8.42. The zero-order chi connectivity index (χ0) is 17.2. The standard InChI is InChI=1S/C20H19N3O2/c24-17-13-23(16-9-5-2-6-10-16)22-19(17)20(25)21-18(15-11-12-15)14-7-3-1-4-8-14/h1-10,13,15,18,24H,11-12H2,(H,21,25). The van der Waals surface area contributed by atoms with Gasteiger partial charge in [0.05, 0.1) is 17.9 Å². The van der Waals surface area contributed by atoms with Crippen LogP contribution in [0, 0.1) is 5.92 Å². The first-order chi connectivity index (χ1) is 12.2. The Balaban J connectivity index is 1.57. The molecule has 1 aromatic heterocycles. The molecule has 1 unspecified atom stereocenters. The molecule has 2 N–H and O–H groups in total. The first-order valence-corrected chi connectivity index (χ1v) is 8.42. The average Bonchev–Trinajstić information content (AvgIpc) is 3.42. The third-order valence-electron chi connectivity index (χ3n) is 4.47. The summed E-state index contributed by atoms with van der Waals surface area (Å²) >= 11 is 0. The van der Waals surface area contributed by atoms with Gasteiger partial charge in [0.1, 0.15) is 0 Å².